The lowest BCUT2D eigenvalue weighted by Gasteiger charge is -2.33. The molecule has 1 aliphatic rings. The Kier molecular flexibility index (Phi) is 5.53. The van der Waals surface area contributed by atoms with E-state index in [4.69, 9.17) is 4.74 Å². The molecule has 1 fully saturated rings. The minimum Gasteiger partial charge on any atom is -0.381 e. The second-order valence-corrected chi connectivity index (χ2v) is 10.1. The van der Waals surface area contributed by atoms with Gasteiger partial charge in [-0.1, -0.05) is 6.07 Å². The van der Waals surface area contributed by atoms with Crippen molar-refractivity contribution in [2.45, 2.75) is 36.4 Å². The van der Waals surface area contributed by atoms with E-state index in [0.29, 0.717) is 24.0 Å². The van der Waals surface area contributed by atoms with E-state index in [0.717, 1.165) is 24.1 Å². The van der Waals surface area contributed by atoms with Crippen LogP contribution in [0.1, 0.15) is 22.6 Å². The van der Waals surface area contributed by atoms with Crippen LogP contribution in [0.5, 0.6) is 0 Å². The summed E-state index contributed by atoms with van der Waals surface area (Å²) in [5.74, 6) is 0. The smallest absolute Gasteiger partial charge is 0.252 e. The Balaban J connectivity index is 1.83. The number of nitrogens with zero attached hydrogens (tertiary/aromatic N) is 1. The second kappa shape index (κ2) is 7.44. The minimum atomic E-state index is -3.43. The molecule has 7 heteroatoms. The summed E-state index contributed by atoms with van der Waals surface area (Å²) in [6, 6.07) is 7.72. The predicted molar refractivity (Wildman–Crippen MR) is 94.8 cm³/mol. The molecule has 0 aliphatic carbocycles. The molecule has 126 valence electrons. The van der Waals surface area contributed by atoms with Crippen LogP contribution < -0.4 is 0 Å². The van der Waals surface area contributed by atoms with E-state index in [9.17, 15) is 8.42 Å². The lowest BCUT2D eigenvalue weighted by atomic mass is 10.1. The largest absolute Gasteiger partial charge is 0.381 e. The molecule has 0 radical (unpaired) electrons. The number of ether oxygens (including phenoxy) is 1. The summed E-state index contributed by atoms with van der Waals surface area (Å²) in [6.07, 6.45) is 2.31. The first kappa shape index (κ1) is 17.1. The molecule has 2 aromatic heterocycles. The highest BCUT2D eigenvalue weighted by atomic mass is 32.2. The minimum absolute atomic E-state index is 0.0381. The lowest BCUT2D eigenvalue weighted by Crippen LogP contribution is -2.44. The van der Waals surface area contributed by atoms with Crippen LogP contribution in [-0.4, -0.2) is 38.5 Å². The molecule has 0 aromatic carbocycles. The van der Waals surface area contributed by atoms with E-state index < -0.39 is 10.0 Å². The van der Waals surface area contributed by atoms with Crippen LogP contribution in [-0.2, 0) is 21.2 Å². The van der Waals surface area contributed by atoms with Crippen molar-refractivity contribution in [2.24, 2.45) is 0 Å². The fourth-order valence-electron chi connectivity index (χ4n) is 2.81. The van der Waals surface area contributed by atoms with Gasteiger partial charge in [-0.3, -0.25) is 0 Å². The van der Waals surface area contributed by atoms with Crippen LogP contribution in [0.15, 0.2) is 33.9 Å². The monoisotopic (exact) mass is 371 g/mol. The van der Waals surface area contributed by atoms with Crippen molar-refractivity contribution in [1.29, 1.82) is 0 Å². The van der Waals surface area contributed by atoms with E-state index in [2.05, 4.69) is 6.07 Å². The molecule has 1 saturated heterocycles. The second-order valence-electron chi connectivity index (χ2n) is 5.65. The molecule has 0 atom stereocenters. The first-order chi connectivity index (χ1) is 11.1. The van der Waals surface area contributed by atoms with Gasteiger partial charge in [-0.15, -0.1) is 22.7 Å². The fraction of sp³-hybridized carbons (Fsp3) is 0.500. The highest BCUT2D eigenvalue weighted by molar-refractivity contribution is 7.91. The molecule has 23 heavy (non-hydrogen) atoms. The van der Waals surface area contributed by atoms with E-state index >= 15 is 0 Å². The standard InChI is InChI=1S/C16H21NO3S3/c1-13-4-5-16(22-13)23(18,19)17(14-7-10-20-11-8-14)9-6-15-3-2-12-21-15/h2-5,12,14H,6-11H2,1H3. The number of hydrogen-bond donors (Lipinski definition) is 0. The third kappa shape index (κ3) is 4.03. The summed E-state index contributed by atoms with van der Waals surface area (Å²) in [7, 11) is -3.43. The van der Waals surface area contributed by atoms with Crippen molar-refractivity contribution in [2.75, 3.05) is 19.8 Å². The van der Waals surface area contributed by atoms with Gasteiger partial charge >= 0.3 is 0 Å². The summed E-state index contributed by atoms with van der Waals surface area (Å²) in [6.45, 7) is 3.75. The van der Waals surface area contributed by atoms with Gasteiger partial charge in [0.15, 0.2) is 0 Å². The van der Waals surface area contributed by atoms with Crippen molar-refractivity contribution in [3.8, 4) is 0 Å². The van der Waals surface area contributed by atoms with Gasteiger partial charge in [-0.25, -0.2) is 8.42 Å². The summed E-state index contributed by atoms with van der Waals surface area (Å²) in [5, 5.41) is 2.03. The van der Waals surface area contributed by atoms with Gasteiger partial charge in [0, 0.05) is 35.6 Å². The Labute approximate surface area is 145 Å². The van der Waals surface area contributed by atoms with Gasteiger partial charge in [0.1, 0.15) is 4.21 Å². The molecule has 0 unspecified atom stereocenters. The van der Waals surface area contributed by atoms with Crippen LogP contribution in [0.25, 0.3) is 0 Å². The molecule has 0 amide bonds. The number of hydrogen-bond acceptors (Lipinski definition) is 5. The maximum atomic E-state index is 13.1. The summed E-state index contributed by atoms with van der Waals surface area (Å²) >= 11 is 3.03. The van der Waals surface area contributed by atoms with Gasteiger partial charge in [-0.05, 0) is 49.8 Å². The van der Waals surface area contributed by atoms with E-state index in [1.807, 2.05) is 24.4 Å². The zero-order valence-corrected chi connectivity index (χ0v) is 15.6. The summed E-state index contributed by atoms with van der Waals surface area (Å²) in [4.78, 5) is 2.24. The van der Waals surface area contributed by atoms with Crippen molar-refractivity contribution in [1.82, 2.24) is 4.31 Å². The molecule has 2 aromatic rings. The molecule has 0 saturated carbocycles. The summed E-state index contributed by atoms with van der Waals surface area (Å²) < 4.78 is 33.8. The van der Waals surface area contributed by atoms with E-state index in [1.54, 1.807) is 21.7 Å². The Hall–Kier alpha value is -0.730. The highest BCUT2D eigenvalue weighted by Gasteiger charge is 2.33. The molecular weight excluding hydrogens is 350 g/mol. The number of thiophene rings is 2. The Morgan fingerprint density at radius 2 is 2.04 bits per heavy atom. The maximum Gasteiger partial charge on any atom is 0.252 e. The van der Waals surface area contributed by atoms with Crippen LogP contribution in [0.4, 0.5) is 0 Å². The van der Waals surface area contributed by atoms with Crippen LogP contribution in [0.2, 0.25) is 0 Å². The van der Waals surface area contributed by atoms with Crippen LogP contribution in [0, 0.1) is 6.92 Å². The Bertz CT molecular complexity index is 716. The zero-order valence-electron chi connectivity index (χ0n) is 13.1. The molecule has 4 nitrogen and oxygen atoms in total. The first-order valence-corrected chi connectivity index (χ1v) is 10.9. The highest BCUT2D eigenvalue weighted by Crippen LogP contribution is 2.29. The fourth-order valence-corrected chi connectivity index (χ4v) is 6.61. The molecule has 0 bridgehead atoms. The van der Waals surface area contributed by atoms with Crippen molar-refractivity contribution in [3.05, 3.63) is 39.4 Å². The van der Waals surface area contributed by atoms with Crippen molar-refractivity contribution >= 4 is 32.7 Å². The van der Waals surface area contributed by atoms with E-state index in [-0.39, 0.29) is 6.04 Å². The van der Waals surface area contributed by atoms with Gasteiger partial charge in [0.25, 0.3) is 10.0 Å². The number of rotatable bonds is 6. The molecule has 3 rings (SSSR count). The van der Waals surface area contributed by atoms with Crippen LogP contribution in [0.3, 0.4) is 0 Å². The zero-order chi connectivity index (χ0) is 16.3. The SMILES string of the molecule is Cc1ccc(S(=O)(=O)N(CCc2cccs2)C2CCOCC2)s1. The summed E-state index contributed by atoms with van der Waals surface area (Å²) in [5.41, 5.74) is 0. The van der Waals surface area contributed by atoms with Gasteiger partial charge < -0.3 is 4.74 Å². The van der Waals surface area contributed by atoms with Gasteiger partial charge in [0.2, 0.25) is 0 Å². The van der Waals surface area contributed by atoms with Crippen molar-refractivity contribution < 1.29 is 13.2 Å². The topological polar surface area (TPSA) is 46.6 Å². The Morgan fingerprint density at radius 1 is 1.26 bits per heavy atom. The molecule has 1 aliphatic heterocycles. The molecule has 0 spiro atoms. The molecular formula is C16H21NO3S3. The van der Waals surface area contributed by atoms with Crippen LogP contribution >= 0.6 is 22.7 Å². The lowest BCUT2D eigenvalue weighted by molar-refractivity contribution is 0.0587. The number of aryl methyl sites for hydroxylation is 1. The van der Waals surface area contributed by atoms with Gasteiger partial charge in [0.05, 0.1) is 0 Å². The molecule has 3 heterocycles. The molecule has 0 N–H and O–H groups in total. The predicted octanol–water partition coefficient (Wildman–Crippen LogP) is 3.53. The van der Waals surface area contributed by atoms with Gasteiger partial charge in [-0.2, -0.15) is 4.31 Å². The maximum absolute atomic E-state index is 13.1. The van der Waals surface area contributed by atoms with E-state index in [1.165, 1.54) is 16.2 Å². The average molecular weight is 372 g/mol. The third-order valence-corrected chi connectivity index (χ3v) is 8.39. The third-order valence-electron chi connectivity index (χ3n) is 4.04. The first-order valence-electron chi connectivity index (χ1n) is 7.76. The normalized spacial score (nSPS) is 17.0. The Morgan fingerprint density at radius 3 is 2.65 bits per heavy atom. The van der Waals surface area contributed by atoms with Crippen molar-refractivity contribution in [3.63, 3.8) is 0 Å². The average Bonchev–Trinajstić information content (AvgIpc) is 3.20. The quantitative estimate of drug-likeness (QED) is 0.780. The number of sulfonamides is 1.